The van der Waals surface area contributed by atoms with Gasteiger partial charge in [-0.25, -0.2) is 4.98 Å². The number of aromatic nitrogens is 1. The lowest BCUT2D eigenvalue weighted by Crippen LogP contribution is -2.35. The molecule has 1 aliphatic heterocycles. The molecule has 2 unspecified atom stereocenters. The highest BCUT2D eigenvalue weighted by atomic mass is 15.2. The van der Waals surface area contributed by atoms with Crippen LogP contribution in [0.2, 0.25) is 0 Å². The van der Waals surface area contributed by atoms with Gasteiger partial charge in [-0.3, -0.25) is 0 Å². The number of nitrogens with one attached hydrogen (secondary N) is 1. The highest BCUT2D eigenvalue weighted by Crippen LogP contribution is 2.39. The van der Waals surface area contributed by atoms with Crippen molar-refractivity contribution in [2.75, 3.05) is 18.0 Å². The molecule has 2 fully saturated rings. The third kappa shape index (κ3) is 3.14. The predicted molar refractivity (Wildman–Crippen MR) is 83.9 cm³/mol. The fourth-order valence-corrected chi connectivity index (χ4v) is 3.53. The van der Waals surface area contributed by atoms with Crippen LogP contribution in [0.5, 0.6) is 0 Å². The van der Waals surface area contributed by atoms with E-state index in [-0.39, 0.29) is 5.54 Å². The predicted octanol–water partition coefficient (Wildman–Crippen LogP) is 3.21. The Balaban J connectivity index is 1.66. The SMILES string of the molecule is CC(C)(C)NCc1ccnc(N2CC3CCCC3C2)c1. The molecule has 3 heteroatoms. The molecule has 3 rings (SSSR count). The van der Waals surface area contributed by atoms with Crippen molar-refractivity contribution < 1.29 is 0 Å². The van der Waals surface area contributed by atoms with Gasteiger partial charge < -0.3 is 10.2 Å². The lowest BCUT2D eigenvalue weighted by Gasteiger charge is -2.22. The zero-order valence-corrected chi connectivity index (χ0v) is 13.0. The monoisotopic (exact) mass is 273 g/mol. The number of pyridine rings is 1. The van der Waals surface area contributed by atoms with Crippen molar-refractivity contribution in [1.29, 1.82) is 0 Å². The van der Waals surface area contributed by atoms with Gasteiger partial charge in [-0.15, -0.1) is 0 Å². The van der Waals surface area contributed by atoms with E-state index in [1.54, 1.807) is 0 Å². The first-order valence-electron chi connectivity index (χ1n) is 7.96. The topological polar surface area (TPSA) is 28.2 Å². The van der Waals surface area contributed by atoms with Crippen LogP contribution in [0.25, 0.3) is 0 Å². The summed E-state index contributed by atoms with van der Waals surface area (Å²) < 4.78 is 0. The number of hydrogen-bond acceptors (Lipinski definition) is 3. The zero-order valence-electron chi connectivity index (χ0n) is 13.0. The van der Waals surface area contributed by atoms with Gasteiger partial charge in [-0.05, 0) is 63.1 Å². The van der Waals surface area contributed by atoms with E-state index in [0.29, 0.717) is 0 Å². The highest BCUT2D eigenvalue weighted by molar-refractivity contribution is 5.42. The standard InChI is InChI=1S/C17H27N3/c1-17(2,3)19-10-13-7-8-18-16(9-13)20-11-14-5-4-6-15(14)12-20/h7-9,14-15,19H,4-6,10-12H2,1-3H3. The summed E-state index contributed by atoms with van der Waals surface area (Å²) in [5.41, 5.74) is 1.50. The quantitative estimate of drug-likeness (QED) is 0.916. The van der Waals surface area contributed by atoms with Gasteiger partial charge in [0.15, 0.2) is 0 Å². The first-order chi connectivity index (χ1) is 9.51. The summed E-state index contributed by atoms with van der Waals surface area (Å²) in [5.74, 6) is 3.02. The van der Waals surface area contributed by atoms with Crippen molar-refractivity contribution in [2.24, 2.45) is 11.8 Å². The molecule has 0 spiro atoms. The Morgan fingerprint density at radius 3 is 2.60 bits per heavy atom. The molecule has 1 aliphatic carbocycles. The minimum atomic E-state index is 0.161. The number of anilines is 1. The van der Waals surface area contributed by atoms with Gasteiger partial charge in [0.25, 0.3) is 0 Å². The Bertz CT molecular complexity index is 452. The normalized spacial score (nSPS) is 26.1. The number of fused-ring (bicyclic) bond motifs is 1. The molecule has 2 atom stereocenters. The summed E-state index contributed by atoms with van der Waals surface area (Å²) in [4.78, 5) is 7.09. The molecule has 2 aliphatic rings. The van der Waals surface area contributed by atoms with Crippen molar-refractivity contribution >= 4 is 5.82 Å². The maximum atomic E-state index is 4.59. The molecule has 0 bridgehead atoms. The van der Waals surface area contributed by atoms with Crippen LogP contribution in [0.4, 0.5) is 5.82 Å². The summed E-state index contributed by atoms with van der Waals surface area (Å²) in [6.07, 6.45) is 6.24. The van der Waals surface area contributed by atoms with E-state index in [1.807, 2.05) is 6.20 Å². The third-order valence-electron chi connectivity index (χ3n) is 4.68. The number of nitrogens with zero attached hydrogens (tertiary/aromatic N) is 2. The zero-order chi connectivity index (χ0) is 14.2. The average molecular weight is 273 g/mol. The maximum Gasteiger partial charge on any atom is 0.128 e. The average Bonchev–Trinajstić information content (AvgIpc) is 2.96. The van der Waals surface area contributed by atoms with E-state index < -0.39 is 0 Å². The summed E-state index contributed by atoms with van der Waals surface area (Å²) in [6.45, 7) is 9.96. The molecule has 1 saturated carbocycles. The molecule has 2 heterocycles. The van der Waals surface area contributed by atoms with E-state index in [9.17, 15) is 0 Å². The minimum Gasteiger partial charge on any atom is -0.356 e. The second kappa shape index (κ2) is 5.36. The summed E-state index contributed by atoms with van der Waals surface area (Å²) >= 11 is 0. The fraction of sp³-hybridized carbons (Fsp3) is 0.706. The largest absolute Gasteiger partial charge is 0.356 e. The van der Waals surface area contributed by atoms with Crippen LogP contribution in [0, 0.1) is 11.8 Å². The molecule has 0 aromatic carbocycles. The van der Waals surface area contributed by atoms with E-state index >= 15 is 0 Å². The Labute approximate surface area is 122 Å². The smallest absolute Gasteiger partial charge is 0.128 e. The van der Waals surface area contributed by atoms with Crippen LogP contribution in [0.1, 0.15) is 45.6 Å². The van der Waals surface area contributed by atoms with Gasteiger partial charge in [-0.1, -0.05) is 6.42 Å². The van der Waals surface area contributed by atoms with Gasteiger partial charge in [0.2, 0.25) is 0 Å². The Hall–Kier alpha value is -1.09. The Kier molecular flexibility index (Phi) is 3.72. The van der Waals surface area contributed by atoms with Crippen molar-refractivity contribution in [3.8, 4) is 0 Å². The molecular formula is C17H27N3. The Morgan fingerprint density at radius 2 is 1.95 bits per heavy atom. The molecule has 20 heavy (non-hydrogen) atoms. The van der Waals surface area contributed by atoms with Gasteiger partial charge in [-0.2, -0.15) is 0 Å². The van der Waals surface area contributed by atoms with Crippen LogP contribution < -0.4 is 10.2 Å². The van der Waals surface area contributed by atoms with Gasteiger partial charge in [0, 0.05) is 31.4 Å². The van der Waals surface area contributed by atoms with E-state index in [0.717, 1.165) is 18.4 Å². The van der Waals surface area contributed by atoms with Crippen LogP contribution in [0.15, 0.2) is 18.3 Å². The molecule has 1 aromatic heterocycles. The molecule has 110 valence electrons. The van der Waals surface area contributed by atoms with Crippen LogP contribution in [-0.4, -0.2) is 23.6 Å². The van der Waals surface area contributed by atoms with Crippen LogP contribution in [-0.2, 0) is 6.54 Å². The fourth-order valence-electron chi connectivity index (χ4n) is 3.53. The lowest BCUT2D eigenvalue weighted by molar-refractivity contribution is 0.424. The van der Waals surface area contributed by atoms with Crippen molar-refractivity contribution in [3.63, 3.8) is 0 Å². The van der Waals surface area contributed by atoms with Crippen LogP contribution >= 0.6 is 0 Å². The number of rotatable bonds is 3. The second-order valence-electron chi connectivity index (χ2n) is 7.48. The second-order valence-corrected chi connectivity index (χ2v) is 7.48. The maximum absolute atomic E-state index is 4.59. The van der Waals surface area contributed by atoms with Crippen molar-refractivity contribution in [1.82, 2.24) is 10.3 Å². The van der Waals surface area contributed by atoms with E-state index in [4.69, 9.17) is 0 Å². The van der Waals surface area contributed by atoms with E-state index in [1.165, 1.54) is 43.7 Å². The molecular weight excluding hydrogens is 246 g/mol. The summed E-state index contributed by atoms with van der Waals surface area (Å²) in [7, 11) is 0. The van der Waals surface area contributed by atoms with Gasteiger partial charge in [0.05, 0.1) is 0 Å². The van der Waals surface area contributed by atoms with Crippen molar-refractivity contribution in [3.05, 3.63) is 23.9 Å². The molecule has 0 radical (unpaired) electrons. The highest BCUT2D eigenvalue weighted by Gasteiger charge is 2.36. The van der Waals surface area contributed by atoms with Gasteiger partial charge in [0.1, 0.15) is 5.82 Å². The van der Waals surface area contributed by atoms with E-state index in [2.05, 4.69) is 48.1 Å². The van der Waals surface area contributed by atoms with Crippen molar-refractivity contribution in [2.45, 2.75) is 52.1 Å². The molecule has 1 saturated heterocycles. The summed E-state index contributed by atoms with van der Waals surface area (Å²) in [5, 5.41) is 3.55. The minimum absolute atomic E-state index is 0.161. The lowest BCUT2D eigenvalue weighted by atomic mass is 10.0. The first kappa shape index (κ1) is 13.9. The molecule has 3 nitrogen and oxygen atoms in total. The molecule has 0 amide bonds. The Morgan fingerprint density at radius 1 is 1.25 bits per heavy atom. The third-order valence-corrected chi connectivity index (χ3v) is 4.68. The molecule has 1 N–H and O–H groups in total. The van der Waals surface area contributed by atoms with Gasteiger partial charge >= 0.3 is 0 Å². The first-order valence-corrected chi connectivity index (χ1v) is 7.96. The molecule has 1 aromatic rings. The summed E-state index contributed by atoms with van der Waals surface area (Å²) in [6, 6.07) is 4.39. The number of hydrogen-bond donors (Lipinski definition) is 1. The van der Waals surface area contributed by atoms with Crippen LogP contribution in [0.3, 0.4) is 0 Å².